The van der Waals surface area contributed by atoms with Crippen LogP contribution in [0.3, 0.4) is 0 Å². The molecule has 0 N–H and O–H groups in total. The van der Waals surface area contributed by atoms with Crippen molar-refractivity contribution in [2.75, 3.05) is 18.1 Å². The number of carbonyl (C=O) groups excluding carboxylic acids is 1. The smallest absolute Gasteiger partial charge is 0.325 e. The van der Waals surface area contributed by atoms with Crippen LogP contribution in [0.25, 0.3) is 0 Å². The highest BCUT2D eigenvalue weighted by Crippen LogP contribution is 2.73. The van der Waals surface area contributed by atoms with E-state index in [0.29, 0.717) is 18.4 Å². The van der Waals surface area contributed by atoms with Gasteiger partial charge in [-0.15, -0.1) is 0 Å². The largest absolute Gasteiger partial charge is 0.465 e. The van der Waals surface area contributed by atoms with Crippen molar-refractivity contribution in [3.05, 3.63) is 58.1 Å². The number of nitrogens with zero attached hydrogens (tertiary/aromatic N) is 1. The maximum atomic E-state index is 12.8. The van der Waals surface area contributed by atoms with Gasteiger partial charge in [-0.2, -0.15) is 0 Å². The van der Waals surface area contributed by atoms with Crippen LogP contribution in [0.2, 0.25) is 0 Å². The average molecular weight is 474 g/mol. The zero-order valence-electron chi connectivity index (χ0n) is 21.2. The van der Waals surface area contributed by atoms with E-state index in [1.807, 2.05) is 6.92 Å². The van der Waals surface area contributed by atoms with Crippen LogP contribution in [0.15, 0.2) is 30.3 Å². The fourth-order valence-corrected chi connectivity index (χ4v) is 8.72. The van der Waals surface area contributed by atoms with Crippen molar-refractivity contribution in [3.63, 3.8) is 0 Å². The standard InChI is InChI=1S/C30H35NO4/c1-5-33-27(32)16-31-25-8-6-17(2)10-24(25)30(28-19(4)18(3)7-9-26(28)31)29(34-35-30)22-12-20-11-21(14-22)15-23(29)13-20/h6-10,20-23H,5,11-16H2,1-4H3. The lowest BCUT2D eigenvalue weighted by Gasteiger charge is -2.71. The van der Waals surface area contributed by atoms with Crippen molar-refractivity contribution in [1.82, 2.24) is 0 Å². The number of ether oxygens (including phenoxy) is 1. The lowest BCUT2D eigenvalue weighted by atomic mass is 9.43. The van der Waals surface area contributed by atoms with Crippen molar-refractivity contribution in [3.8, 4) is 0 Å². The van der Waals surface area contributed by atoms with Gasteiger partial charge in [0.25, 0.3) is 0 Å². The quantitative estimate of drug-likeness (QED) is 0.403. The van der Waals surface area contributed by atoms with Gasteiger partial charge in [0.15, 0.2) is 5.60 Å². The van der Waals surface area contributed by atoms with Gasteiger partial charge in [-0.3, -0.25) is 4.79 Å². The summed E-state index contributed by atoms with van der Waals surface area (Å²) in [6.45, 7) is 8.95. The Morgan fingerprint density at radius 1 is 0.971 bits per heavy atom. The molecule has 0 radical (unpaired) electrons. The molecule has 35 heavy (non-hydrogen) atoms. The summed E-state index contributed by atoms with van der Waals surface area (Å²) in [5.74, 6) is 2.47. The fourth-order valence-electron chi connectivity index (χ4n) is 8.72. The molecule has 2 spiro atoms. The third-order valence-electron chi connectivity index (χ3n) is 9.98. The molecular weight excluding hydrogens is 438 g/mol. The van der Waals surface area contributed by atoms with E-state index >= 15 is 0 Å². The number of anilines is 2. The molecule has 5 fully saturated rings. The number of benzene rings is 2. The van der Waals surface area contributed by atoms with Crippen LogP contribution in [0, 0.1) is 44.4 Å². The normalized spacial score (nSPS) is 35.7. The zero-order valence-corrected chi connectivity index (χ0v) is 21.2. The van der Waals surface area contributed by atoms with Crippen LogP contribution in [0.1, 0.15) is 66.8 Å². The molecule has 4 bridgehead atoms. The van der Waals surface area contributed by atoms with Gasteiger partial charge < -0.3 is 9.64 Å². The summed E-state index contributed by atoms with van der Waals surface area (Å²) < 4.78 is 5.40. The van der Waals surface area contributed by atoms with Crippen LogP contribution in [0.5, 0.6) is 0 Å². The first-order valence-electron chi connectivity index (χ1n) is 13.4. The van der Waals surface area contributed by atoms with Crippen LogP contribution in [0.4, 0.5) is 11.4 Å². The Morgan fingerprint density at radius 2 is 1.66 bits per heavy atom. The Balaban J connectivity index is 1.49. The van der Waals surface area contributed by atoms with Crippen molar-refractivity contribution in [2.45, 2.75) is 71.0 Å². The van der Waals surface area contributed by atoms with E-state index in [2.05, 4.69) is 56.0 Å². The molecule has 4 saturated carbocycles. The van der Waals surface area contributed by atoms with Crippen molar-refractivity contribution < 1.29 is 19.3 Å². The highest BCUT2D eigenvalue weighted by Gasteiger charge is 2.77. The van der Waals surface area contributed by atoms with Crippen molar-refractivity contribution in [2.24, 2.45) is 23.7 Å². The minimum atomic E-state index is -0.645. The lowest BCUT2D eigenvalue weighted by Crippen LogP contribution is -2.77. The van der Waals surface area contributed by atoms with Crippen LogP contribution < -0.4 is 4.90 Å². The first-order chi connectivity index (χ1) is 16.9. The number of esters is 1. The Morgan fingerprint density at radius 3 is 2.29 bits per heavy atom. The number of hydrogen-bond donors (Lipinski definition) is 0. The second kappa shape index (κ2) is 7.33. The number of hydrogen-bond acceptors (Lipinski definition) is 5. The molecule has 4 aliphatic carbocycles. The molecule has 0 amide bonds. The average Bonchev–Trinajstić information content (AvgIpc) is 2.80. The number of carbonyl (C=O) groups is 1. The van der Waals surface area contributed by atoms with Gasteiger partial charge in [0.1, 0.15) is 12.1 Å². The van der Waals surface area contributed by atoms with Crippen LogP contribution in [-0.4, -0.2) is 24.7 Å². The molecule has 184 valence electrons. The van der Waals surface area contributed by atoms with Gasteiger partial charge >= 0.3 is 5.97 Å². The second-order valence-corrected chi connectivity index (χ2v) is 11.8. The predicted molar refractivity (Wildman–Crippen MR) is 133 cm³/mol. The molecule has 1 saturated heterocycles. The zero-order chi connectivity index (χ0) is 24.1. The minimum absolute atomic E-state index is 0.181. The summed E-state index contributed by atoms with van der Waals surface area (Å²) >= 11 is 0. The minimum Gasteiger partial charge on any atom is -0.465 e. The van der Waals surface area contributed by atoms with Gasteiger partial charge in [0.2, 0.25) is 0 Å². The van der Waals surface area contributed by atoms with E-state index in [4.69, 9.17) is 14.5 Å². The van der Waals surface area contributed by atoms with Gasteiger partial charge in [0.05, 0.1) is 6.61 Å². The lowest BCUT2D eigenvalue weighted by molar-refractivity contribution is -0.583. The molecular formula is C30H35NO4. The molecule has 2 aromatic rings. The third-order valence-corrected chi connectivity index (χ3v) is 9.98. The number of rotatable bonds is 3. The third kappa shape index (κ3) is 2.64. The fraction of sp³-hybridized carbons (Fsp3) is 0.567. The molecule has 1 unspecified atom stereocenters. The van der Waals surface area contributed by atoms with Gasteiger partial charge in [-0.1, -0.05) is 23.8 Å². The first kappa shape index (κ1) is 21.9. The van der Waals surface area contributed by atoms with E-state index in [1.54, 1.807) is 0 Å². The van der Waals surface area contributed by atoms with E-state index in [9.17, 15) is 4.79 Å². The topological polar surface area (TPSA) is 48.0 Å². The molecule has 5 nitrogen and oxygen atoms in total. The Hall–Kier alpha value is -2.37. The summed E-state index contributed by atoms with van der Waals surface area (Å²) in [6, 6.07) is 10.9. The summed E-state index contributed by atoms with van der Waals surface area (Å²) in [6.07, 6.45) is 6.37. The summed E-state index contributed by atoms with van der Waals surface area (Å²) in [5, 5.41) is 0. The second-order valence-electron chi connectivity index (χ2n) is 11.8. The molecule has 0 aromatic heterocycles. The molecule has 8 rings (SSSR count). The predicted octanol–water partition coefficient (Wildman–Crippen LogP) is 6.03. The van der Waals surface area contributed by atoms with Crippen LogP contribution >= 0.6 is 0 Å². The number of aryl methyl sites for hydroxylation is 2. The summed E-state index contributed by atoms with van der Waals surface area (Å²) in [5.41, 5.74) is 7.12. The van der Waals surface area contributed by atoms with Gasteiger partial charge in [-0.05, 0) is 107 Å². The maximum absolute atomic E-state index is 12.8. The molecule has 2 aliphatic heterocycles. The SMILES string of the molecule is CCOC(=O)CN1c2ccc(C)cc2C2(OOC23C2CC4CC(C2)CC3C4)c2c1ccc(C)c2C. The van der Waals surface area contributed by atoms with E-state index in [-0.39, 0.29) is 18.1 Å². The molecule has 2 aromatic carbocycles. The summed E-state index contributed by atoms with van der Waals surface area (Å²) in [7, 11) is 0. The Kier molecular flexibility index (Phi) is 4.58. The molecule has 5 heteroatoms. The van der Waals surface area contributed by atoms with Crippen molar-refractivity contribution >= 4 is 17.3 Å². The van der Waals surface area contributed by atoms with E-state index < -0.39 is 5.60 Å². The van der Waals surface area contributed by atoms with E-state index in [0.717, 1.165) is 28.8 Å². The molecule has 6 aliphatic rings. The van der Waals surface area contributed by atoms with Crippen molar-refractivity contribution in [1.29, 1.82) is 0 Å². The Labute approximate surface area is 207 Å². The number of fused-ring (bicyclic) bond motifs is 4. The Bertz CT molecular complexity index is 1210. The van der Waals surface area contributed by atoms with Gasteiger partial charge in [0, 0.05) is 22.5 Å². The highest BCUT2D eigenvalue weighted by molar-refractivity contribution is 5.87. The highest BCUT2D eigenvalue weighted by atomic mass is 17.3. The monoisotopic (exact) mass is 473 g/mol. The summed E-state index contributed by atoms with van der Waals surface area (Å²) in [4.78, 5) is 27.9. The van der Waals surface area contributed by atoms with Gasteiger partial charge in [-0.25, -0.2) is 9.78 Å². The molecule has 2 heterocycles. The molecule has 1 atom stereocenters. The van der Waals surface area contributed by atoms with Crippen LogP contribution in [-0.2, 0) is 24.9 Å². The van der Waals surface area contributed by atoms with E-state index in [1.165, 1.54) is 54.4 Å². The maximum Gasteiger partial charge on any atom is 0.325 e. The first-order valence-corrected chi connectivity index (χ1v) is 13.4.